The number of rotatable bonds is 2. The summed E-state index contributed by atoms with van der Waals surface area (Å²) in [4.78, 5) is 13.3. The van der Waals surface area contributed by atoms with Gasteiger partial charge in [0, 0.05) is 13.6 Å². The molecule has 0 spiro atoms. The third kappa shape index (κ3) is 4.89. The van der Waals surface area contributed by atoms with Gasteiger partial charge in [-0.1, -0.05) is 29.8 Å². The molecule has 0 atom stereocenters. The zero-order valence-electron chi connectivity index (χ0n) is 11.3. The van der Waals surface area contributed by atoms with E-state index in [1.165, 1.54) is 5.56 Å². The van der Waals surface area contributed by atoms with Gasteiger partial charge in [0.1, 0.15) is 5.60 Å². The second-order valence-corrected chi connectivity index (χ2v) is 5.32. The van der Waals surface area contributed by atoms with Gasteiger partial charge >= 0.3 is 6.09 Å². The quantitative estimate of drug-likeness (QED) is 0.786. The second kappa shape index (κ2) is 5.21. The van der Waals surface area contributed by atoms with Gasteiger partial charge in [0.05, 0.1) is 0 Å². The SMILES string of the molecule is Cc1ccc(CN(C)C(=O)OC(C)(C)C)cc1. The van der Waals surface area contributed by atoms with Crippen molar-refractivity contribution in [3.63, 3.8) is 0 Å². The van der Waals surface area contributed by atoms with Gasteiger partial charge in [0.2, 0.25) is 0 Å². The summed E-state index contributed by atoms with van der Waals surface area (Å²) in [5.41, 5.74) is 1.87. The maximum Gasteiger partial charge on any atom is 0.410 e. The van der Waals surface area contributed by atoms with Crippen molar-refractivity contribution in [1.82, 2.24) is 4.90 Å². The number of benzene rings is 1. The minimum absolute atomic E-state index is 0.293. The van der Waals surface area contributed by atoms with Crippen LogP contribution >= 0.6 is 0 Å². The molecule has 0 saturated carbocycles. The summed E-state index contributed by atoms with van der Waals surface area (Å²) in [7, 11) is 1.74. The van der Waals surface area contributed by atoms with E-state index in [-0.39, 0.29) is 6.09 Å². The van der Waals surface area contributed by atoms with Gasteiger partial charge in [0.25, 0.3) is 0 Å². The van der Waals surface area contributed by atoms with Gasteiger partial charge in [0.15, 0.2) is 0 Å². The Bertz CT molecular complexity index is 376. The van der Waals surface area contributed by atoms with Crippen LogP contribution in [-0.2, 0) is 11.3 Å². The Kier molecular flexibility index (Phi) is 4.16. The Morgan fingerprint density at radius 1 is 1.24 bits per heavy atom. The van der Waals surface area contributed by atoms with E-state index in [2.05, 4.69) is 0 Å². The molecular formula is C14H21NO2. The van der Waals surface area contributed by atoms with Crippen LogP contribution in [0, 0.1) is 6.92 Å². The van der Waals surface area contributed by atoms with E-state index in [4.69, 9.17) is 4.74 Å². The number of carbonyl (C=O) groups excluding carboxylic acids is 1. The van der Waals surface area contributed by atoms with E-state index >= 15 is 0 Å². The third-order valence-electron chi connectivity index (χ3n) is 2.25. The predicted octanol–water partition coefficient (Wildman–Crippen LogP) is 3.36. The summed E-state index contributed by atoms with van der Waals surface area (Å²) in [6, 6.07) is 8.13. The van der Waals surface area contributed by atoms with Crippen LogP contribution in [0.25, 0.3) is 0 Å². The second-order valence-electron chi connectivity index (χ2n) is 5.32. The Balaban J connectivity index is 2.57. The largest absolute Gasteiger partial charge is 0.444 e. The van der Waals surface area contributed by atoms with Crippen LogP contribution < -0.4 is 0 Å². The highest BCUT2D eigenvalue weighted by Gasteiger charge is 2.19. The Hall–Kier alpha value is -1.51. The highest BCUT2D eigenvalue weighted by atomic mass is 16.6. The first-order chi connectivity index (χ1) is 7.78. The molecule has 0 saturated heterocycles. The Morgan fingerprint density at radius 3 is 2.24 bits per heavy atom. The zero-order valence-corrected chi connectivity index (χ0v) is 11.3. The number of hydrogen-bond donors (Lipinski definition) is 0. The molecule has 1 aromatic carbocycles. The average Bonchev–Trinajstić information content (AvgIpc) is 2.19. The van der Waals surface area contributed by atoms with Crippen molar-refractivity contribution in [3.05, 3.63) is 35.4 Å². The molecule has 0 aliphatic rings. The van der Waals surface area contributed by atoms with Crippen molar-refractivity contribution >= 4 is 6.09 Å². The summed E-state index contributed by atoms with van der Waals surface area (Å²) in [5.74, 6) is 0. The summed E-state index contributed by atoms with van der Waals surface area (Å²) in [6.07, 6.45) is -0.293. The van der Waals surface area contributed by atoms with Crippen molar-refractivity contribution in [2.24, 2.45) is 0 Å². The van der Waals surface area contributed by atoms with Crippen molar-refractivity contribution < 1.29 is 9.53 Å². The molecule has 3 nitrogen and oxygen atoms in total. The van der Waals surface area contributed by atoms with E-state index in [0.717, 1.165) is 5.56 Å². The van der Waals surface area contributed by atoms with Crippen molar-refractivity contribution in [2.75, 3.05) is 7.05 Å². The summed E-state index contributed by atoms with van der Waals surface area (Å²) < 4.78 is 5.28. The Morgan fingerprint density at radius 2 is 1.76 bits per heavy atom. The number of aryl methyl sites for hydroxylation is 1. The number of ether oxygens (including phenoxy) is 1. The molecule has 0 unspecified atom stereocenters. The normalized spacial score (nSPS) is 11.1. The molecule has 0 bridgehead atoms. The lowest BCUT2D eigenvalue weighted by Gasteiger charge is -2.24. The first-order valence-corrected chi connectivity index (χ1v) is 5.77. The fraction of sp³-hybridized carbons (Fsp3) is 0.500. The maximum absolute atomic E-state index is 11.7. The van der Waals surface area contributed by atoms with Crippen LogP contribution in [0.5, 0.6) is 0 Å². The van der Waals surface area contributed by atoms with E-state index in [0.29, 0.717) is 6.54 Å². The predicted molar refractivity (Wildman–Crippen MR) is 68.9 cm³/mol. The van der Waals surface area contributed by atoms with Gasteiger partial charge in [-0.15, -0.1) is 0 Å². The lowest BCUT2D eigenvalue weighted by molar-refractivity contribution is 0.0285. The van der Waals surface area contributed by atoms with E-state index in [1.807, 2.05) is 52.0 Å². The number of nitrogens with zero attached hydrogens (tertiary/aromatic N) is 1. The lowest BCUT2D eigenvalue weighted by atomic mass is 10.1. The van der Waals surface area contributed by atoms with Crippen LogP contribution in [-0.4, -0.2) is 23.6 Å². The molecule has 1 amide bonds. The molecule has 94 valence electrons. The molecular weight excluding hydrogens is 214 g/mol. The van der Waals surface area contributed by atoms with Crippen LogP contribution in [0.15, 0.2) is 24.3 Å². The van der Waals surface area contributed by atoms with Crippen LogP contribution in [0.2, 0.25) is 0 Å². The maximum atomic E-state index is 11.7. The first kappa shape index (κ1) is 13.6. The van der Waals surface area contributed by atoms with Crippen LogP contribution in [0.3, 0.4) is 0 Å². The third-order valence-corrected chi connectivity index (χ3v) is 2.25. The lowest BCUT2D eigenvalue weighted by Crippen LogP contribution is -2.33. The van der Waals surface area contributed by atoms with Gasteiger partial charge in [-0.25, -0.2) is 4.79 Å². The highest BCUT2D eigenvalue weighted by molar-refractivity contribution is 5.67. The van der Waals surface area contributed by atoms with Gasteiger partial charge in [-0.2, -0.15) is 0 Å². The number of hydrogen-bond acceptors (Lipinski definition) is 2. The molecule has 0 radical (unpaired) electrons. The molecule has 3 heteroatoms. The standard InChI is InChI=1S/C14H21NO2/c1-11-6-8-12(9-7-11)10-15(5)13(16)17-14(2,3)4/h6-9H,10H2,1-5H3. The fourth-order valence-electron chi connectivity index (χ4n) is 1.37. The van der Waals surface area contributed by atoms with E-state index in [1.54, 1.807) is 11.9 Å². The summed E-state index contributed by atoms with van der Waals surface area (Å²) >= 11 is 0. The minimum Gasteiger partial charge on any atom is -0.444 e. The molecule has 1 aromatic rings. The minimum atomic E-state index is -0.446. The molecule has 0 heterocycles. The number of amides is 1. The van der Waals surface area contributed by atoms with Crippen molar-refractivity contribution in [3.8, 4) is 0 Å². The van der Waals surface area contributed by atoms with Crippen molar-refractivity contribution in [2.45, 2.75) is 39.8 Å². The summed E-state index contributed by atoms with van der Waals surface area (Å²) in [5, 5.41) is 0. The van der Waals surface area contributed by atoms with E-state index < -0.39 is 5.60 Å². The first-order valence-electron chi connectivity index (χ1n) is 5.77. The van der Waals surface area contributed by atoms with Gasteiger partial charge < -0.3 is 9.64 Å². The molecule has 0 fully saturated rings. The van der Waals surface area contributed by atoms with E-state index in [9.17, 15) is 4.79 Å². The summed E-state index contributed by atoms with van der Waals surface area (Å²) in [6.45, 7) is 8.20. The Labute approximate surface area is 103 Å². The molecule has 1 rings (SSSR count). The van der Waals surface area contributed by atoms with Crippen molar-refractivity contribution in [1.29, 1.82) is 0 Å². The van der Waals surface area contributed by atoms with Gasteiger partial charge in [-0.3, -0.25) is 0 Å². The van der Waals surface area contributed by atoms with Gasteiger partial charge in [-0.05, 0) is 33.3 Å². The number of carbonyl (C=O) groups is 1. The average molecular weight is 235 g/mol. The molecule has 0 aromatic heterocycles. The molecule has 0 aliphatic heterocycles. The monoisotopic (exact) mass is 235 g/mol. The molecule has 0 aliphatic carbocycles. The molecule has 17 heavy (non-hydrogen) atoms. The van der Waals surface area contributed by atoms with Crippen LogP contribution in [0.4, 0.5) is 4.79 Å². The zero-order chi connectivity index (χ0) is 13.1. The molecule has 0 N–H and O–H groups in total. The fourth-order valence-corrected chi connectivity index (χ4v) is 1.37. The smallest absolute Gasteiger partial charge is 0.410 e. The van der Waals surface area contributed by atoms with Crippen LogP contribution in [0.1, 0.15) is 31.9 Å². The highest BCUT2D eigenvalue weighted by Crippen LogP contribution is 2.11. The topological polar surface area (TPSA) is 29.5 Å².